The highest BCUT2D eigenvalue weighted by Crippen LogP contribution is 2.33. The molecule has 0 bridgehead atoms. The van der Waals surface area contributed by atoms with Crippen LogP contribution >= 0.6 is 0 Å². The van der Waals surface area contributed by atoms with Crippen molar-refractivity contribution < 1.29 is 4.74 Å². The van der Waals surface area contributed by atoms with Crippen LogP contribution in [0.25, 0.3) is 10.9 Å². The fourth-order valence-corrected chi connectivity index (χ4v) is 2.83. The average Bonchev–Trinajstić information content (AvgIpc) is 2.73. The highest BCUT2D eigenvalue weighted by molar-refractivity contribution is 5.91. The second-order valence-electron chi connectivity index (χ2n) is 5.14. The number of hydrogen-bond acceptors (Lipinski definition) is 1. The predicted molar refractivity (Wildman–Crippen MR) is 83.5 cm³/mol. The third-order valence-corrected chi connectivity index (χ3v) is 4.02. The van der Waals surface area contributed by atoms with Crippen LogP contribution in [0.2, 0.25) is 0 Å². The number of ether oxygens (including phenoxy) is 1. The zero-order valence-corrected chi connectivity index (χ0v) is 12.2. The van der Waals surface area contributed by atoms with Crippen LogP contribution in [0.15, 0.2) is 48.5 Å². The van der Waals surface area contributed by atoms with Gasteiger partial charge in [0.2, 0.25) is 0 Å². The number of nitrogens with zero attached hydrogens (tertiary/aromatic N) is 1. The van der Waals surface area contributed by atoms with E-state index in [1.54, 1.807) is 7.11 Å². The Morgan fingerprint density at radius 3 is 2.40 bits per heavy atom. The molecule has 0 aliphatic carbocycles. The van der Waals surface area contributed by atoms with E-state index in [4.69, 9.17) is 4.74 Å². The molecule has 3 rings (SSSR count). The maximum atomic E-state index is 5.51. The highest BCUT2D eigenvalue weighted by atomic mass is 16.5. The predicted octanol–water partition coefficient (Wildman–Crippen LogP) is 4.32. The van der Waals surface area contributed by atoms with Crippen molar-refractivity contribution in [1.82, 2.24) is 4.57 Å². The molecule has 0 saturated carbocycles. The van der Waals surface area contributed by atoms with Gasteiger partial charge in [-0.2, -0.15) is 0 Å². The first-order valence-corrected chi connectivity index (χ1v) is 6.88. The monoisotopic (exact) mass is 265 g/mol. The van der Waals surface area contributed by atoms with Gasteiger partial charge >= 0.3 is 0 Å². The number of fused-ring (bicyclic) bond motifs is 1. The van der Waals surface area contributed by atoms with Crippen LogP contribution in [0.3, 0.4) is 0 Å². The summed E-state index contributed by atoms with van der Waals surface area (Å²) in [6.45, 7) is 5.24. The molecule has 0 saturated heterocycles. The first-order valence-electron chi connectivity index (χ1n) is 6.88. The maximum Gasteiger partial charge on any atom is 0.128 e. The van der Waals surface area contributed by atoms with Crippen molar-refractivity contribution in [1.29, 1.82) is 0 Å². The summed E-state index contributed by atoms with van der Waals surface area (Å²) >= 11 is 0. The summed E-state index contributed by atoms with van der Waals surface area (Å²) in [5.74, 6) is 0.954. The molecule has 0 radical (unpaired) electrons. The molecule has 0 aliphatic rings. The number of aromatic nitrogens is 1. The third kappa shape index (κ3) is 1.97. The number of aryl methyl sites for hydroxylation is 1. The van der Waals surface area contributed by atoms with Gasteiger partial charge in [-0.15, -0.1) is 0 Å². The van der Waals surface area contributed by atoms with Crippen LogP contribution < -0.4 is 4.74 Å². The van der Waals surface area contributed by atoms with Crippen LogP contribution in [-0.2, 0) is 6.54 Å². The van der Waals surface area contributed by atoms with Crippen molar-refractivity contribution in [3.63, 3.8) is 0 Å². The second-order valence-corrected chi connectivity index (χ2v) is 5.14. The number of hydrogen-bond donors (Lipinski definition) is 0. The van der Waals surface area contributed by atoms with Gasteiger partial charge in [-0.05, 0) is 37.1 Å². The smallest absolute Gasteiger partial charge is 0.128 e. The van der Waals surface area contributed by atoms with Gasteiger partial charge in [0.15, 0.2) is 0 Å². The van der Waals surface area contributed by atoms with E-state index in [9.17, 15) is 0 Å². The lowest BCUT2D eigenvalue weighted by molar-refractivity contribution is 0.419. The Balaban J connectivity index is 2.19. The van der Waals surface area contributed by atoms with Gasteiger partial charge in [0, 0.05) is 17.6 Å². The zero-order valence-electron chi connectivity index (χ0n) is 12.2. The standard InChI is InChI=1S/C18H19NO/c1-13-14(2)19(12-15-8-5-4-6-9-15)16-10-7-11-17(20-3)18(13)16/h4-11H,12H2,1-3H3. The van der Waals surface area contributed by atoms with E-state index in [2.05, 4.69) is 60.9 Å². The largest absolute Gasteiger partial charge is 0.496 e. The van der Waals surface area contributed by atoms with Crippen LogP contribution in [0.1, 0.15) is 16.8 Å². The molecule has 1 aromatic heterocycles. The fraction of sp³-hybridized carbons (Fsp3) is 0.222. The van der Waals surface area contributed by atoms with E-state index in [-0.39, 0.29) is 0 Å². The maximum absolute atomic E-state index is 5.51. The Kier molecular flexibility index (Phi) is 3.23. The Morgan fingerprint density at radius 1 is 0.950 bits per heavy atom. The summed E-state index contributed by atoms with van der Waals surface area (Å²) in [6, 6.07) is 16.8. The number of rotatable bonds is 3. The van der Waals surface area contributed by atoms with Crippen LogP contribution in [0.5, 0.6) is 5.75 Å². The van der Waals surface area contributed by atoms with E-state index in [0.29, 0.717) is 0 Å². The SMILES string of the molecule is COc1cccc2c1c(C)c(C)n2Cc1ccccc1. The molecule has 2 nitrogen and oxygen atoms in total. The van der Waals surface area contributed by atoms with E-state index < -0.39 is 0 Å². The lowest BCUT2D eigenvalue weighted by Gasteiger charge is -2.09. The van der Waals surface area contributed by atoms with E-state index >= 15 is 0 Å². The van der Waals surface area contributed by atoms with Gasteiger partial charge < -0.3 is 9.30 Å². The van der Waals surface area contributed by atoms with Crippen molar-refractivity contribution in [3.05, 3.63) is 65.4 Å². The van der Waals surface area contributed by atoms with Crippen molar-refractivity contribution >= 4 is 10.9 Å². The first-order chi connectivity index (χ1) is 9.72. The van der Waals surface area contributed by atoms with Crippen LogP contribution in [0, 0.1) is 13.8 Å². The molecule has 102 valence electrons. The van der Waals surface area contributed by atoms with Gasteiger partial charge in [0.25, 0.3) is 0 Å². The highest BCUT2D eigenvalue weighted by Gasteiger charge is 2.14. The van der Waals surface area contributed by atoms with Gasteiger partial charge in [-0.3, -0.25) is 0 Å². The Bertz CT molecular complexity index is 741. The Morgan fingerprint density at radius 2 is 1.70 bits per heavy atom. The zero-order chi connectivity index (χ0) is 14.1. The summed E-state index contributed by atoms with van der Waals surface area (Å²) in [5.41, 5.74) is 5.15. The Labute approximate surface area is 119 Å². The molecule has 0 amide bonds. The molecule has 0 N–H and O–H groups in total. The lowest BCUT2D eigenvalue weighted by atomic mass is 10.1. The molecule has 0 atom stereocenters. The van der Waals surface area contributed by atoms with Crippen molar-refractivity contribution in [2.75, 3.05) is 7.11 Å². The van der Waals surface area contributed by atoms with E-state index in [1.807, 2.05) is 6.07 Å². The molecule has 3 aromatic rings. The first kappa shape index (κ1) is 12.8. The van der Waals surface area contributed by atoms with Crippen LogP contribution in [0.4, 0.5) is 0 Å². The molecule has 0 fully saturated rings. The Hall–Kier alpha value is -2.22. The summed E-state index contributed by atoms with van der Waals surface area (Å²) in [6.07, 6.45) is 0. The van der Waals surface area contributed by atoms with Gasteiger partial charge in [-0.25, -0.2) is 0 Å². The molecule has 20 heavy (non-hydrogen) atoms. The minimum atomic E-state index is 0.893. The van der Waals surface area contributed by atoms with E-state index in [1.165, 1.54) is 27.7 Å². The third-order valence-electron chi connectivity index (χ3n) is 4.02. The van der Waals surface area contributed by atoms with Crippen molar-refractivity contribution in [2.45, 2.75) is 20.4 Å². The normalized spacial score (nSPS) is 10.9. The molecule has 2 heteroatoms. The number of methoxy groups -OCH3 is 1. The van der Waals surface area contributed by atoms with Gasteiger partial charge in [0.1, 0.15) is 5.75 Å². The summed E-state index contributed by atoms with van der Waals surface area (Å²) in [5, 5.41) is 1.23. The minimum Gasteiger partial charge on any atom is -0.496 e. The molecular weight excluding hydrogens is 246 g/mol. The molecule has 0 aliphatic heterocycles. The molecule has 0 spiro atoms. The topological polar surface area (TPSA) is 14.2 Å². The van der Waals surface area contributed by atoms with Crippen molar-refractivity contribution in [2.24, 2.45) is 0 Å². The van der Waals surface area contributed by atoms with E-state index in [0.717, 1.165) is 12.3 Å². The second kappa shape index (κ2) is 5.04. The van der Waals surface area contributed by atoms with Gasteiger partial charge in [-0.1, -0.05) is 36.4 Å². The van der Waals surface area contributed by atoms with Gasteiger partial charge in [0.05, 0.1) is 12.6 Å². The lowest BCUT2D eigenvalue weighted by Crippen LogP contribution is -2.01. The molecule has 0 unspecified atom stereocenters. The fourth-order valence-electron chi connectivity index (χ4n) is 2.83. The minimum absolute atomic E-state index is 0.893. The molecular formula is C18H19NO. The quantitative estimate of drug-likeness (QED) is 0.688. The molecule has 1 heterocycles. The van der Waals surface area contributed by atoms with Crippen molar-refractivity contribution in [3.8, 4) is 5.75 Å². The molecule has 2 aromatic carbocycles. The van der Waals surface area contributed by atoms with Crippen LogP contribution in [-0.4, -0.2) is 11.7 Å². The summed E-state index contributed by atoms with van der Waals surface area (Å²) in [7, 11) is 1.73. The average molecular weight is 265 g/mol. The summed E-state index contributed by atoms with van der Waals surface area (Å²) < 4.78 is 7.88. The summed E-state index contributed by atoms with van der Waals surface area (Å²) in [4.78, 5) is 0. The number of benzene rings is 2.